The maximum Gasteiger partial charge on any atom is 0.222 e. The first kappa shape index (κ1) is 15.5. The van der Waals surface area contributed by atoms with Crippen molar-refractivity contribution in [2.24, 2.45) is 0 Å². The number of alkyl halides is 1. The Kier molecular flexibility index (Phi) is 5.62. The van der Waals surface area contributed by atoms with Crippen molar-refractivity contribution < 1.29 is 13.2 Å². The third-order valence-electron chi connectivity index (χ3n) is 2.23. The van der Waals surface area contributed by atoms with Crippen LogP contribution >= 0.6 is 15.9 Å². The molecule has 0 radical (unpaired) electrons. The standard InChI is InChI=1S/C12H18BrNO3S/c1-9(2)17-12-6-4-5-11(7-12)10(3)14-18(15,16)8-13/h4-7,9-10,14H,8H2,1-3H3. The summed E-state index contributed by atoms with van der Waals surface area (Å²) in [5.74, 6) is 0.743. The molecule has 4 nitrogen and oxygen atoms in total. The topological polar surface area (TPSA) is 55.4 Å². The van der Waals surface area contributed by atoms with E-state index in [0.29, 0.717) is 0 Å². The van der Waals surface area contributed by atoms with Gasteiger partial charge in [-0.2, -0.15) is 0 Å². The molecule has 0 aromatic heterocycles. The molecule has 0 aliphatic rings. The van der Waals surface area contributed by atoms with Crippen LogP contribution in [0.25, 0.3) is 0 Å². The van der Waals surface area contributed by atoms with E-state index in [2.05, 4.69) is 20.7 Å². The molecule has 0 amide bonds. The van der Waals surface area contributed by atoms with Gasteiger partial charge in [-0.3, -0.25) is 0 Å². The van der Waals surface area contributed by atoms with Crippen LogP contribution in [0.5, 0.6) is 5.75 Å². The Morgan fingerprint density at radius 2 is 2.00 bits per heavy atom. The molecule has 0 saturated heterocycles. The Morgan fingerprint density at radius 3 is 2.56 bits per heavy atom. The fourth-order valence-electron chi connectivity index (χ4n) is 1.50. The van der Waals surface area contributed by atoms with Crippen LogP contribution in [-0.2, 0) is 10.0 Å². The molecule has 1 aromatic rings. The van der Waals surface area contributed by atoms with Gasteiger partial charge < -0.3 is 4.74 Å². The zero-order valence-electron chi connectivity index (χ0n) is 10.7. The fraction of sp³-hybridized carbons (Fsp3) is 0.500. The quantitative estimate of drug-likeness (QED) is 0.813. The second-order valence-electron chi connectivity index (χ2n) is 4.30. The number of halogens is 1. The van der Waals surface area contributed by atoms with Crippen LogP contribution in [-0.4, -0.2) is 19.2 Å². The molecule has 18 heavy (non-hydrogen) atoms. The molecule has 6 heteroatoms. The second kappa shape index (κ2) is 6.54. The van der Waals surface area contributed by atoms with Crippen molar-refractivity contribution >= 4 is 26.0 Å². The molecular weight excluding hydrogens is 318 g/mol. The number of nitrogens with one attached hydrogen (secondary N) is 1. The number of benzene rings is 1. The molecule has 0 spiro atoms. The summed E-state index contributed by atoms with van der Waals surface area (Å²) in [6, 6.07) is 7.14. The van der Waals surface area contributed by atoms with Gasteiger partial charge in [0.25, 0.3) is 0 Å². The largest absolute Gasteiger partial charge is 0.491 e. The van der Waals surface area contributed by atoms with Crippen molar-refractivity contribution in [3.05, 3.63) is 29.8 Å². The highest BCUT2D eigenvalue weighted by molar-refractivity contribution is 9.10. The average Bonchev–Trinajstić information content (AvgIpc) is 2.28. The van der Waals surface area contributed by atoms with Crippen LogP contribution in [0, 0.1) is 0 Å². The van der Waals surface area contributed by atoms with Gasteiger partial charge in [0.05, 0.1) is 6.10 Å². The van der Waals surface area contributed by atoms with E-state index in [0.717, 1.165) is 11.3 Å². The van der Waals surface area contributed by atoms with Crippen molar-refractivity contribution in [2.45, 2.75) is 32.9 Å². The number of rotatable bonds is 6. The molecule has 0 fully saturated rings. The van der Waals surface area contributed by atoms with E-state index >= 15 is 0 Å². The maximum absolute atomic E-state index is 11.5. The van der Waals surface area contributed by atoms with Gasteiger partial charge >= 0.3 is 0 Å². The van der Waals surface area contributed by atoms with Crippen molar-refractivity contribution in [3.8, 4) is 5.75 Å². The predicted molar refractivity (Wildman–Crippen MR) is 76.5 cm³/mol. The first-order valence-electron chi connectivity index (χ1n) is 5.66. The summed E-state index contributed by atoms with van der Waals surface area (Å²) < 4.78 is 31.0. The van der Waals surface area contributed by atoms with E-state index in [-0.39, 0.29) is 16.8 Å². The molecule has 1 rings (SSSR count). The molecule has 0 saturated carbocycles. The molecule has 1 unspecified atom stereocenters. The van der Waals surface area contributed by atoms with E-state index in [1.54, 1.807) is 6.92 Å². The molecule has 0 aliphatic carbocycles. The Bertz CT molecular complexity index is 488. The highest BCUT2D eigenvalue weighted by Gasteiger charge is 2.14. The Balaban J connectivity index is 2.83. The average molecular weight is 336 g/mol. The summed E-state index contributed by atoms with van der Waals surface area (Å²) in [6.07, 6.45) is 0.0924. The Hall–Kier alpha value is -0.590. The van der Waals surface area contributed by atoms with E-state index < -0.39 is 10.0 Å². The normalized spacial score (nSPS) is 13.6. The summed E-state index contributed by atoms with van der Waals surface area (Å²) in [5, 5.41) is 0. The minimum absolute atomic E-state index is 0.0924. The lowest BCUT2D eigenvalue weighted by Crippen LogP contribution is -2.27. The van der Waals surface area contributed by atoms with Crippen LogP contribution in [0.1, 0.15) is 32.4 Å². The summed E-state index contributed by atoms with van der Waals surface area (Å²) in [5.41, 5.74) is 0.873. The van der Waals surface area contributed by atoms with E-state index in [1.807, 2.05) is 38.1 Å². The Morgan fingerprint density at radius 1 is 1.33 bits per heavy atom. The zero-order chi connectivity index (χ0) is 13.8. The fourth-order valence-corrected chi connectivity index (χ4v) is 2.63. The van der Waals surface area contributed by atoms with Gasteiger partial charge in [0, 0.05) is 6.04 Å². The van der Waals surface area contributed by atoms with Gasteiger partial charge in [-0.05, 0) is 38.5 Å². The van der Waals surface area contributed by atoms with E-state index in [9.17, 15) is 8.42 Å². The third-order valence-corrected chi connectivity index (χ3v) is 5.04. The van der Waals surface area contributed by atoms with Crippen molar-refractivity contribution in [1.29, 1.82) is 0 Å². The van der Waals surface area contributed by atoms with Gasteiger partial charge in [0.2, 0.25) is 10.0 Å². The van der Waals surface area contributed by atoms with Crippen LogP contribution < -0.4 is 9.46 Å². The number of hydrogen-bond donors (Lipinski definition) is 1. The molecular formula is C12H18BrNO3S. The number of hydrogen-bond acceptors (Lipinski definition) is 3. The summed E-state index contributed by atoms with van der Waals surface area (Å²) in [6.45, 7) is 5.70. The van der Waals surface area contributed by atoms with Gasteiger partial charge in [-0.1, -0.05) is 28.1 Å². The summed E-state index contributed by atoms with van der Waals surface area (Å²) in [7, 11) is -3.28. The van der Waals surface area contributed by atoms with Gasteiger partial charge in [0.1, 0.15) is 10.4 Å². The van der Waals surface area contributed by atoms with Gasteiger partial charge in [0.15, 0.2) is 0 Å². The smallest absolute Gasteiger partial charge is 0.222 e. The first-order chi connectivity index (χ1) is 8.34. The lowest BCUT2D eigenvalue weighted by atomic mass is 10.1. The van der Waals surface area contributed by atoms with Gasteiger partial charge in [-0.25, -0.2) is 13.1 Å². The van der Waals surface area contributed by atoms with E-state index in [1.165, 1.54) is 0 Å². The minimum Gasteiger partial charge on any atom is -0.491 e. The van der Waals surface area contributed by atoms with Crippen LogP contribution in [0.3, 0.4) is 0 Å². The molecule has 0 heterocycles. The second-order valence-corrected chi connectivity index (χ2v) is 7.36. The van der Waals surface area contributed by atoms with Crippen molar-refractivity contribution in [3.63, 3.8) is 0 Å². The first-order valence-corrected chi connectivity index (χ1v) is 8.44. The highest BCUT2D eigenvalue weighted by atomic mass is 79.9. The SMILES string of the molecule is CC(C)Oc1cccc(C(C)NS(=O)(=O)CBr)c1. The third kappa shape index (κ3) is 4.96. The Labute approximate surface area is 117 Å². The van der Waals surface area contributed by atoms with Crippen molar-refractivity contribution in [2.75, 3.05) is 4.66 Å². The maximum atomic E-state index is 11.5. The van der Waals surface area contributed by atoms with E-state index in [4.69, 9.17) is 4.74 Å². The summed E-state index contributed by atoms with van der Waals surface area (Å²) in [4.78, 5) is 0. The molecule has 1 aromatic carbocycles. The number of sulfonamides is 1. The lowest BCUT2D eigenvalue weighted by molar-refractivity contribution is 0.242. The number of ether oxygens (including phenoxy) is 1. The minimum atomic E-state index is -3.28. The van der Waals surface area contributed by atoms with Gasteiger partial charge in [-0.15, -0.1) is 0 Å². The molecule has 1 N–H and O–H groups in total. The highest BCUT2D eigenvalue weighted by Crippen LogP contribution is 2.20. The predicted octanol–water partition coefficient (Wildman–Crippen LogP) is 2.81. The van der Waals surface area contributed by atoms with Crippen molar-refractivity contribution in [1.82, 2.24) is 4.72 Å². The molecule has 102 valence electrons. The zero-order valence-corrected chi connectivity index (χ0v) is 13.1. The summed E-state index contributed by atoms with van der Waals surface area (Å²) >= 11 is 2.94. The molecule has 0 aliphatic heterocycles. The molecule has 1 atom stereocenters. The van der Waals surface area contributed by atoms with Crippen LogP contribution in [0.15, 0.2) is 24.3 Å². The monoisotopic (exact) mass is 335 g/mol. The lowest BCUT2D eigenvalue weighted by Gasteiger charge is -2.16. The van der Waals surface area contributed by atoms with Crippen LogP contribution in [0.4, 0.5) is 0 Å². The van der Waals surface area contributed by atoms with Crippen LogP contribution in [0.2, 0.25) is 0 Å². The molecule has 0 bridgehead atoms.